The molecular formula is C12H14BrN3OS2. The summed E-state index contributed by atoms with van der Waals surface area (Å²) in [7, 11) is 1.68. The second-order valence-electron chi connectivity index (χ2n) is 3.65. The molecule has 1 heterocycles. The van der Waals surface area contributed by atoms with Crippen LogP contribution in [0.1, 0.15) is 5.82 Å². The lowest BCUT2D eigenvalue weighted by molar-refractivity contribution is 0.211. The Hall–Kier alpha value is -0.630. The Morgan fingerprint density at radius 1 is 1.42 bits per heavy atom. The van der Waals surface area contributed by atoms with E-state index in [9.17, 15) is 0 Å². The highest BCUT2D eigenvalue weighted by Gasteiger charge is 2.05. The van der Waals surface area contributed by atoms with E-state index in [0.717, 1.165) is 27.7 Å². The summed E-state index contributed by atoms with van der Waals surface area (Å²) in [6.45, 7) is 1.42. The predicted octanol–water partition coefficient (Wildman–Crippen LogP) is 3.65. The van der Waals surface area contributed by atoms with Gasteiger partial charge in [0.05, 0.1) is 12.4 Å². The summed E-state index contributed by atoms with van der Waals surface area (Å²) < 4.78 is 10.4. The Balaban J connectivity index is 1.85. The molecular weight excluding hydrogens is 346 g/mol. The van der Waals surface area contributed by atoms with Crippen molar-refractivity contribution < 1.29 is 4.74 Å². The van der Waals surface area contributed by atoms with Crippen LogP contribution in [0.2, 0.25) is 0 Å². The van der Waals surface area contributed by atoms with Crippen molar-refractivity contribution in [1.29, 1.82) is 0 Å². The van der Waals surface area contributed by atoms with Crippen molar-refractivity contribution in [2.45, 2.75) is 10.6 Å². The number of nitrogens with zero attached hydrogens (tertiary/aromatic N) is 2. The molecule has 0 bridgehead atoms. The van der Waals surface area contributed by atoms with Gasteiger partial charge in [-0.15, -0.1) is 11.8 Å². The molecule has 1 aromatic carbocycles. The molecule has 0 aliphatic carbocycles. The molecule has 2 aromatic rings. The van der Waals surface area contributed by atoms with Crippen molar-refractivity contribution in [2.75, 3.05) is 25.6 Å². The smallest absolute Gasteiger partial charge is 0.202 e. The summed E-state index contributed by atoms with van der Waals surface area (Å²) in [6.07, 6.45) is 0. The van der Waals surface area contributed by atoms with E-state index in [1.54, 1.807) is 18.9 Å². The molecule has 0 unspecified atom stereocenters. The molecule has 0 saturated heterocycles. The van der Waals surface area contributed by atoms with Crippen LogP contribution in [0.4, 0.5) is 5.13 Å². The Labute approximate surface area is 129 Å². The van der Waals surface area contributed by atoms with Gasteiger partial charge in [0.2, 0.25) is 5.13 Å². The molecule has 1 N–H and O–H groups in total. The maximum Gasteiger partial charge on any atom is 0.202 e. The molecule has 0 aliphatic rings. The van der Waals surface area contributed by atoms with Crippen molar-refractivity contribution in [1.82, 2.24) is 9.36 Å². The zero-order valence-corrected chi connectivity index (χ0v) is 13.6. The molecule has 4 nitrogen and oxygen atoms in total. The molecule has 0 aliphatic heterocycles. The van der Waals surface area contributed by atoms with Gasteiger partial charge >= 0.3 is 0 Å². The van der Waals surface area contributed by atoms with E-state index >= 15 is 0 Å². The molecule has 19 heavy (non-hydrogen) atoms. The van der Waals surface area contributed by atoms with Crippen LogP contribution in [0.5, 0.6) is 0 Å². The maximum absolute atomic E-state index is 4.97. The van der Waals surface area contributed by atoms with Crippen molar-refractivity contribution in [3.8, 4) is 0 Å². The van der Waals surface area contributed by atoms with Crippen LogP contribution in [0, 0.1) is 0 Å². The lowest BCUT2D eigenvalue weighted by atomic mass is 10.4. The first kappa shape index (κ1) is 14.8. The lowest BCUT2D eigenvalue weighted by Crippen LogP contribution is -2.07. The van der Waals surface area contributed by atoms with Gasteiger partial charge in [0.15, 0.2) is 5.82 Å². The summed E-state index contributed by atoms with van der Waals surface area (Å²) in [6, 6.07) is 8.15. The Bertz CT molecular complexity index is 521. The van der Waals surface area contributed by atoms with Gasteiger partial charge in [-0.05, 0) is 28.1 Å². The molecule has 0 atom stereocenters. The Morgan fingerprint density at radius 3 is 3.05 bits per heavy atom. The zero-order valence-electron chi connectivity index (χ0n) is 10.4. The minimum absolute atomic E-state index is 0.667. The quantitative estimate of drug-likeness (QED) is 0.603. The average molecular weight is 360 g/mol. The lowest BCUT2D eigenvalue weighted by Gasteiger charge is -2.01. The predicted molar refractivity (Wildman–Crippen MR) is 84.0 cm³/mol. The summed E-state index contributed by atoms with van der Waals surface area (Å²) in [4.78, 5) is 5.63. The number of hydrogen-bond acceptors (Lipinski definition) is 6. The number of ether oxygens (including phenoxy) is 1. The summed E-state index contributed by atoms with van der Waals surface area (Å²) >= 11 is 6.64. The van der Waals surface area contributed by atoms with Crippen molar-refractivity contribution in [3.05, 3.63) is 34.6 Å². The minimum atomic E-state index is 0.667. The van der Waals surface area contributed by atoms with E-state index in [2.05, 4.69) is 36.7 Å². The molecule has 0 spiro atoms. The molecule has 0 amide bonds. The highest BCUT2D eigenvalue weighted by Crippen LogP contribution is 2.29. The fourth-order valence-electron chi connectivity index (χ4n) is 1.35. The first-order valence-corrected chi connectivity index (χ1v) is 8.27. The van der Waals surface area contributed by atoms with E-state index in [1.807, 2.05) is 18.2 Å². The fourth-order valence-corrected chi connectivity index (χ4v) is 3.46. The monoisotopic (exact) mass is 359 g/mol. The van der Waals surface area contributed by atoms with Gasteiger partial charge in [-0.3, -0.25) is 0 Å². The standard InChI is InChI=1S/C12H14BrN3OS2/c1-17-7-6-14-12-15-11(16-19-12)8-18-10-5-3-2-4-9(10)13/h2-5H,6-8H2,1H3,(H,14,15,16). The summed E-state index contributed by atoms with van der Waals surface area (Å²) in [5.74, 6) is 1.62. The fraction of sp³-hybridized carbons (Fsp3) is 0.333. The highest BCUT2D eigenvalue weighted by molar-refractivity contribution is 9.10. The Kier molecular flexibility index (Phi) is 6.09. The first-order valence-electron chi connectivity index (χ1n) is 5.72. The van der Waals surface area contributed by atoms with Crippen LogP contribution in [0.15, 0.2) is 33.6 Å². The van der Waals surface area contributed by atoms with Crippen LogP contribution in [0.25, 0.3) is 0 Å². The third kappa shape index (κ3) is 4.76. The van der Waals surface area contributed by atoms with Crippen molar-refractivity contribution in [3.63, 3.8) is 0 Å². The van der Waals surface area contributed by atoms with Gasteiger partial charge in [0.1, 0.15) is 0 Å². The summed E-state index contributed by atoms with van der Waals surface area (Å²) in [5.41, 5.74) is 0. The minimum Gasteiger partial charge on any atom is -0.383 e. The third-order valence-electron chi connectivity index (χ3n) is 2.24. The number of anilines is 1. The van der Waals surface area contributed by atoms with Crippen LogP contribution < -0.4 is 5.32 Å². The van der Waals surface area contributed by atoms with E-state index in [4.69, 9.17) is 4.74 Å². The van der Waals surface area contributed by atoms with Crippen LogP contribution in [-0.4, -0.2) is 29.6 Å². The molecule has 0 radical (unpaired) electrons. The van der Waals surface area contributed by atoms with Crippen molar-refractivity contribution >= 4 is 44.4 Å². The Morgan fingerprint density at radius 2 is 2.26 bits per heavy atom. The molecule has 0 saturated carbocycles. The number of rotatable bonds is 7. The summed E-state index contributed by atoms with van der Waals surface area (Å²) in [5, 5.41) is 4.02. The van der Waals surface area contributed by atoms with Crippen LogP contribution in [0.3, 0.4) is 0 Å². The average Bonchev–Trinajstić information content (AvgIpc) is 2.86. The number of aromatic nitrogens is 2. The van der Waals surface area contributed by atoms with E-state index in [-0.39, 0.29) is 0 Å². The molecule has 2 rings (SSSR count). The first-order chi connectivity index (χ1) is 9.29. The number of methoxy groups -OCH3 is 1. The highest BCUT2D eigenvalue weighted by atomic mass is 79.9. The molecule has 7 heteroatoms. The number of hydrogen-bond donors (Lipinski definition) is 1. The SMILES string of the molecule is COCCNc1nc(CSc2ccccc2Br)ns1. The number of thioether (sulfide) groups is 1. The largest absolute Gasteiger partial charge is 0.383 e. The van der Waals surface area contributed by atoms with Crippen LogP contribution in [-0.2, 0) is 10.5 Å². The van der Waals surface area contributed by atoms with E-state index < -0.39 is 0 Å². The third-order valence-corrected chi connectivity index (χ3v) is 4.98. The van der Waals surface area contributed by atoms with Gasteiger partial charge in [0, 0.05) is 34.6 Å². The van der Waals surface area contributed by atoms with Gasteiger partial charge in [0.25, 0.3) is 0 Å². The van der Waals surface area contributed by atoms with E-state index in [0.29, 0.717) is 6.61 Å². The van der Waals surface area contributed by atoms with Crippen molar-refractivity contribution in [2.24, 2.45) is 0 Å². The van der Waals surface area contributed by atoms with E-state index in [1.165, 1.54) is 16.4 Å². The van der Waals surface area contributed by atoms with Gasteiger partial charge < -0.3 is 10.1 Å². The molecule has 0 fully saturated rings. The van der Waals surface area contributed by atoms with Gasteiger partial charge in [-0.25, -0.2) is 4.98 Å². The normalized spacial score (nSPS) is 10.6. The molecule has 1 aromatic heterocycles. The van der Waals surface area contributed by atoms with Gasteiger partial charge in [-0.1, -0.05) is 12.1 Å². The number of nitrogens with one attached hydrogen (secondary N) is 1. The number of benzene rings is 1. The van der Waals surface area contributed by atoms with Crippen LogP contribution >= 0.6 is 39.2 Å². The maximum atomic E-state index is 4.97. The molecule has 102 valence electrons. The second kappa shape index (κ2) is 7.84. The zero-order chi connectivity index (χ0) is 13.5. The topological polar surface area (TPSA) is 47.0 Å². The van der Waals surface area contributed by atoms with Gasteiger partial charge in [-0.2, -0.15) is 4.37 Å². The number of halogens is 1. The second-order valence-corrected chi connectivity index (χ2v) is 6.28.